The average molecular weight is 283 g/mol. The summed E-state index contributed by atoms with van der Waals surface area (Å²) in [7, 11) is 0. The molecule has 0 saturated carbocycles. The van der Waals surface area contributed by atoms with Gasteiger partial charge < -0.3 is 10.3 Å². The summed E-state index contributed by atoms with van der Waals surface area (Å²) < 4.78 is 13.7. The van der Waals surface area contributed by atoms with Gasteiger partial charge in [0.1, 0.15) is 11.6 Å². The molecule has 106 valence electrons. The molecule has 21 heavy (non-hydrogen) atoms. The van der Waals surface area contributed by atoms with Crippen molar-refractivity contribution in [1.82, 2.24) is 9.97 Å². The van der Waals surface area contributed by atoms with Crippen molar-refractivity contribution in [1.29, 1.82) is 0 Å². The van der Waals surface area contributed by atoms with Crippen LogP contribution < -0.4 is 5.32 Å². The minimum Gasteiger partial charge on any atom is -0.342 e. The largest absolute Gasteiger partial charge is 0.342 e. The van der Waals surface area contributed by atoms with Crippen LogP contribution in [0.5, 0.6) is 0 Å². The lowest BCUT2D eigenvalue weighted by atomic mass is 10.1. The predicted molar refractivity (Wildman–Crippen MR) is 79.9 cm³/mol. The van der Waals surface area contributed by atoms with Crippen molar-refractivity contribution in [3.05, 3.63) is 59.2 Å². The Morgan fingerprint density at radius 2 is 2.00 bits per heavy atom. The summed E-state index contributed by atoms with van der Waals surface area (Å²) in [6, 6.07) is 9.79. The lowest BCUT2D eigenvalue weighted by molar-refractivity contribution is 0.102. The third-order valence-electron chi connectivity index (χ3n) is 3.22. The van der Waals surface area contributed by atoms with E-state index in [0.29, 0.717) is 5.69 Å². The van der Waals surface area contributed by atoms with Crippen LogP contribution in [-0.2, 0) is 0 Å². The quantitative estimate of drug-likeness (QED) is 0.755. The number of nitrogens with one attached hydrogen (secondary N) is 2. The second-order valence-corrected chi connectivity index (χ2v) is 4.99. The van der Waals surface area contributed by atoms with E-state index in [1.165, 1.54) is 12.1 Å². The molecule has 0 fully saturated rings. The molecule has 0 aliphatic carbocycles. The fourth-order valence-corrected chi connectivity index (χ4v) is 2.23. The summed E-state index contributed by atoms with van der Waals surface area (Å²) in [6.45, 7) is 3.68. The molecular formula is C16H14FN3O. The van der Waals surface area contributed by atoms with Crippen LogP contribution in [0.2, 0.25) is 0 Å². The molecule has 0 aliphatic heterocycles. The van der Waals surface area contributed by atoms with Crippen molar-refractivity contribution in [2.75, 3.05) is 5.32 Å². The minimum absolute atomic E-state index is 0.0379. The Kier molecular flexibility index (Phi) is 3.17. The van der Waals surface area contributed by atoms with Gasteiger partial charge in [-0.05, 0) is 44.2 Å². The second-order valence-electron chi connectivity index (χ2n) is 4.99. The number of anilines is 1. The molecule has 0 aliphatic rings. The smallest absolute Gasteiger partial charge is 0.258 e. The third-order valence-corrected chi connectivity index (χ3v) is 3.22. The first-order valence-electron chi connectivity index (χ1n) is 6.57. The topological polar surface area (TPSA) is 57.8 Å². The van der Waals surface area contributed by atoms with E-state index in [1.807, 2.05) is 13.8 Å². The zero-order valence-electron chi connectivity index (χ0n) is 11.7. The molecule has 0 saturated heterocycles. The number of hydrogen-bond acceptors (Lipinski definition) is 2. The molecule has 1 amide bonds. The van der Waals surface area contributed by atoms with E-state index in [2.05, 4.69) is 15.3 Å². The Morgan fingerprint density at radius 1 is 1.19 bits per heavy atom. The highest BCUT2D eigenvalue weighted by atomic mass is 19.1. The highest BCUT2D eigenvalue weighted by Crippen LogP contribution is 2.18. The van der Waals surface area contributed by atoms with E-state index in [0.717, 1.165) is 22.4 Å². The Hall–Kier alpha value is -2.69. The summed E-state index contributed by atoms with van der Waals surface area (Å²) in [5, 5.41) is 2.70. The number of nitrogens with zero attached hydrogens (tertiary/aromatic N) is 1. The van der Waals surface area contributed by atoms with Crippen LogP contribution in [0.3, 0.4) is 0 Å². The number of hydrogen-bond donors (Lipinski definition) is 2. The van der Waals surface area contributed by atoms with Gasteiger partial charge in [-0.1, -0.05) is 11.6 Å². The van der Waals surface area contributed by atoms with E-state index in [4.69, 9.17) is 0 Å². The monoisotopic (exact) mass is 283 g/mol. The van der Waals surface area contributed by atoms with E-state index in [1.54, 1.807) is 24.3 Å². The first-order chi connectivity index (χ1) is 10.0. The molecule has 3 rings (SSSR count). The van der Waals surface area contributed by atoms with Crippen molar-refractivity contribution in [2.45, 2.75) is 13.8 Å². The molecule has 1 heterocycles. The number of rotatable bonds is 2. The number of aromatic amines is 1. The van der Waals surface area contributed by atoms with Crippen LogP contribution in [0.25, 0.3) is 11.0 Å². The molecule has 0 unspecified atom stereocenters. The van der Waals surface area contributed by atoms with Crippen molar-refractivity contribution in [3.8, 4) is 0 Å². The van der Waals surface area contributed by atoms with Gasteiger partial charge in [-0.3, -0.25) is 4.79 Å². The Labute approximate surface area is 121 Å². The van der Waals surface area contributed by atoms with Crippen molar-refractivity contribution >= 4 is 22.6 Å². The van der Waals surface area contributed by atoms with Gasteiger partial charge in [-0.25, -0.2) is 9.37 Å². The lowest BCUT2D eigenvalue weighted by Gasteiger charge is -2.07. The van der Waals surface area contributed by atoms with Gasteiger partial charge in [0.2, 0.25) is 0 Å². The maximum atomic E-state index is 13.7. The Bertz CT molecular complexity index is 839. The van der Waals surface area contributed by atoms with Gasteiger partial charge in [0, 0.05) is 5.69 Å². The summed E-state index contributed by atoms with van der Waals surface area (Å²) in [5.74, 6) is -0.193. The molecule has 0 atom stereocenters. The normalized spacial score (nSPS) is 10.8. The molecule has 3 aromatic rings. The maximum absolute atomic E-state index is 13.7. The van der Waals surface area contributed by atoms with Gasteiger partial charge in [-0.2, -0.15) is 0 Å². The first-order valence-corrected chi connectivity index (χ1v) is 6.57. The molecule has 0 radical (unpaired) electrons. The summed E-state index contributed by atoms with van der Waals surface area (Å²) in [6.07, 6.45) is 0. The molecule has 2 aromatic carbocycles. The SMILES string of the molecule is Cc1ccc(F)c(C(=O)Nc2ccc3nc(C)[nH]c3c2)c1. The molecule has 0 bridgehead atoms. The second kappa shape index (κ2) is 5.01. The molecule has 5 heteroatoms. The molecular weight excluding hydrogens is 269 g/mol. The van der Waals surface area contributed by atoms with Gasteiger partial charge in [-0.15, -0.1) is 0 Å². The third kappa shape index (κ3) is 2.63. The number of aryl methyl sites for hydroxylation is 2. The Morgan fingerprint density at radius 3 is 2.81 bits per heavy atom. The first kappa shape index (κ1) is 13.3. The maximum Gasteiger partial charge on any atom is 0.258 e. The standard InChI is InChI=1S/C16H14FN3O/c1-9-3-5-13(17)12(7-9)16(21)20-11-4-6-14-15(8-11)19-10(2)18-14/h3-8H,1-2H3,(H,18,19)(H,20,21). The highest BCUT2D eigenvalue weighted by molar-refractivity contribution is 6.05. The van der Waals surface area contributed by atoms with Crippen LogP contribution in [0.4, 0.5) is 10.1 Å². The number of fused-ring (bicyclic) bond motifs is 1. The highest BCUT2D eigenvalue weighted by Gasteiger charge is 2.12. The van der Waals surface area contributed by atoms with Gasteiger partial charge in [0.05, 0.1) is 16.6 Å². The van der Waals surface area contributed by atoms with Crippen molar-refractivity contribution in [3.63, 3.8) is 0 Å². The van der Waals surface area contributed by atoms with Crippen LogP contribution >= 0.6 is 0 Å². The summed E-state index contributed by atoms with van der Waals surface area (Å²) >= 11 is 0. The van der Waals surface area contributed by atoms with Gasteiger partial charge in [0.25, 0.3) is 5.91 Å². The number of halogens is 1. The Balaban J connectivity index is 1.90. The number of carbonyl (C=O) groups excluding carboxylic acids is 1. The van der Waals surface area contributed by atoms with Gasteiger partial charge in [0.15, 0.2) is 0 Å². The van der Waals surface area contributed by atoms with Gasteiger partial charge >= 0.3 is 0 Å². The van der Waals surface area contributed by atoms with Crippen LogP contribution in [-0.4, -0.2) is 15.9 Å². The number of amides is 1. The van der Waals surface area contributed by atoms with E-state index in [-0.39, 0.29) is 5.56 Å². The van der Waals surface area contributed by atoms with E-state index in [9.17, 15) is 9.18 Å². The zero-order chi connectivity index (χ0) is 15.0. The van der Waals surface area contributed by atoms with Crippen molar-refractivity contribution < 1.29 is 9.18 Å². The zero-order valence-corrected chi connectivity index (χ0v) is 11.7. The number of H-pyrrole nitrogens is 1. The number of benzene rings is 2. The predicted octanol–water partition coefficient (Wildman–Crippen LogP) is 3.57. The van der Waals surface area contributed by atoms with E-state index >= 15 is 0 Å². The molecule has 1 aromatic heterocycles. The number of aromatic nitrogens is 2. The fraction of sp³-hybridized carbons (Fsp3) is 0.125. The summed E-state index contributed by atoms with van der Waals surface area (Å²) in [4.78, 5) is 19.5. The average Bonchev–Trinajstić information content (AvgIpc) is 2.80. The van der Waals surface area contributed by atoms with E-state index < -0.39 is 11.7 Å². The fourth-order valence-electron chi connectivity index (χ4n) is 2.23. The number of imidazole rings is 1. The van der Waals surface area contributed by atoms with Crippen LogP contribution in [0, 0.1) is 19.7 Å². The van der Waals surface area contributed by atoms with Crippen LogP contribution in [0.1, 0.15) is 21.7 Å². The van der Waals surface area contributed by atoms with Crippen molar-refractivity contribution in [2.24, 2.45) is 0 Å². The molecule has 0 spiro atoms. The van der Waals surface area contributed by atoms with Crippen LogP contribution in [0.15, 0.2) is 36.4 Å². The lowest BCUT2D eigenvalue weighted by Crippen LogP contribution is -2.13. The number of carbonyl (C=O) groups is 1. The summed E-state index contributed by atoms with van der Waals surface area (Å²) in [5.41, 5.74) is 3.12. The molecule has 2 N–H and O–H groups in total. The molecule has 4 nitrogen and oxygen atoms in total. The minimum atomic E-state index is -0.531.